The van der Waals surface area contributed by atoms with E-state index in [1.807, 2.05) is 6.07 Å². The first-order valence-corrected chi connectivity index (χ1v) is 11.5. The molecular weight excluding hydrogens is 371 g/mol. The summed E-state index contributed by atoms with van der Waals surface area (Å²) in [6, 6.07) is 6.75. The predicted molar refractivity (Wildman–Crippen MR) is 106 cm³/mol. The number of hydrogen-bond donors (Lipinski definition) is 1. The number of aryl methyl sites for hydroxylation is 1. The smallest absolute Gasteiger partial charge is 0.282 e. The van der Waals surface area contributed by atoms with Crippen molar-refractivity contribution in [3.63, 3.8) is 0 Å². The molecule has 0 aliphatic heterocycles. The molecule has 1 aromatic rings. The SMILES string of the molecule is CCCCCCCCCCCCCCCc1ccccc1S(=O)(=O)O.[K+]. The van der Waals surface area contributed by atoms with Gasteiger partial charge in [-0.15, -0.1) is 0 Å². The summed E-state index contributed by atoms with van der Waals surface area (Å²) in [6.45, 7) is 2.26. The van der Waals surface area contributed by atoms with Gasteiger partial charge in [0, 0.05) is 0 Å². The Kier molecular flexibility index (Phi) is 17.2. The molecule has 0 atom stereocenters. The van der Waals surface area contributed by atoms with Crippen LogP contribution in [0.3, 0.4) is 0 Å². The van der Waals surface area contributed by atoms with Gasteiger partial charge in [0.25, 0.3) is 10.1 Å². The molecule has 0 heterocycles. The van der Waals surface area contributed by atoms with Crippen LogP contribution in [0.1, 0.15) is 96.0 Å². The Morgan fingerprint density at radius 1 is 0.731 bits per heavy atom. The minimum atomic E-state index is -4.10. The second-order valence-electron chi connectivity index (χ2n) is 7.08. The van der Waals surface area contributed by atoms with E-state index in [4.69, 9.17) is 0 Å². The average Bonchev–Trinajstić information content (AvgIpc) is 2.58. The molecule has 0 bridgehead atoms. The van der Waals surface area contributed by atoms with Gasteiger partial charge >= 0.3 is 51.4 Å². The Morgan fingerprint density at radius 2 is 1.15 bits per heavy atom. The molecule has 1 rings (SSSR count). The summed E-state index contributed by atoms with van der Waals surface area (Å²) >= 11 is 0. The first-order chi connectivity index (χ1) is 12.1. The van der Waals surface area contributed by atoms with Crippen LogP contribution in [-0.2, 0) is 16.5 Å². The second kappa shape index (κ2) is 16.7. The van der Waals surface area contributed by atoms with Gasteiger partial charge in [0.2, 0.25) is 0 Å². The van der Waals surface area contributed by atoms with Crippen molar-refractivity contribution >= 4 is 10.1 Å². The molecule has 0 fully saturated rings. The Labute approximate surface area is 203 Å². The maximum atomic E-state index is 11.3. The van der Waals surface area contributed by atoms with Crippen molar-refractivity contribution in [1.82, 2.24) is 0 Å². The van der Waals surface area contributed by atoms with E-state index in [1.54, 1.807) is 12.1 Å². The van der Waals surface area contributed by atoms with Gasteiger partial charge in [-0.2, -0.15) is 8.42 Å². The Hall–Kier alpha value is 0.766. The minimum absolute atomic E-state index is 0. The topological polar surface area (TPSA) is 54.4 Å². The normalized spacial score (nSPS) is 11.3. The van der Waals surface area contributed by atoms with Gasteiger partial charge in [-0.05, 0) is 24.5 Å². The van der Waals surface area contributed by atoms with Gasteiger partial charge in [0.05, 0.1) is 4.90 Å². The Bertz CT molecular complexity index is 558. The van der Waals surface area contributed by atoms with E-state index in [2.05, 4.69) is 6.92 Å². The van der Waals surface area contributed by atoms with Gasteiger partial charge in [-0.1, -0.05) is 102 Å². The number of unbranched alkanes of at least 4 members (excludes halogenated alkanes) is 12. The van der Waals surface area contributed by atoms with Gasteiger partial charge in [0.1, 0.15) is 0 Å². The molecule has 26 heavy (non-hydrogen) atoms. The number of benzene rings is 1. The summed E-state index contributed by atoms with van der Waals surface area (Å²) in [4.78, 5) is 0.0638. The largest absolute Gasteiger partial charge is 1.00 e. The fraction of sp³-hybridized carbons (Fsp3) is 0.714. The third-order valence-corrected chi connectivity index (χ3v) is 5.75. The summed E-state index contributed by atoms with van der Waals surface area (Å²) < 4.78 is 31.9. The fourth-order valence-corrected chi connectivity index (χ4v) is 4.05. The van der Waals surface area contributed by atoms with E-state index in [9.17, 15) is 13.0 Å². The molecule has 3 nitrogen and oxygen atoms in total. The minimum Gasteiger partial charge on any atom is -0.282 e. The average molecular weight is 408 g/mol. The molecule has 0 spiro atoms. The van der Waals surface area contributed by atoms with Crippen molar-refractivity contribution in [2.24, 2.45) is 0 Å². The van der Waals surface area contributed by atoms with Crippen LogP contribution in [-0.4, -0.2) is 13.0 Å². The van der Waals surface area contributed by atoms with E-state index in [1.165, 1.54) is 76.7 Å². The van der Waals surface area contributed by atoms with E-state index in [0.29, 0.717) is 6.42 Å². The van der Waals surface area contributed by atoms with E-state index in [0.717, 1.165) is 18.4 Å². The summed E-state index contributed by atoms with van der Waals surface area (Å²) in [5.74, 6) is 0. The zero-order valence-electron chi connectivity index (χ0n) is 16.9. The van der Waals surface area contributed by atoms with E-state index >= 15 is 0 Å². The molecule has 0 aliphatic carbocycles. The zero-order valence-corrected chi connectivity index (χ0v) is 20.8. The second-order valence-corrected chi connectivity index (χ2v) is 8.47. The predicted octanol–water partition coefficient (Wildman–Crippen LogP) is 3.57. The van der Waals surface area contributed by atoms with Gasteiger partial charge in [-0.25, -0.2) is 0 Å². The maximum absolute atomic E-state index is 11.3. The van der Waals surface area contributed by atoms with E-state index < -0.39 is 10.1 Å². The zero-order chi connectivity index (χ0) is 18.4. The molecule has 5 heteroatoms. The van der Waals surface area contributed by atoms with Crippen LogP contribution in [0, 0.1) is 0 Å². The molecule has 1 aromatic carbocycles. The summed E-state index contributed by atoms with van der Waals surface area (Å²) in [5, 5.41) is 0. The molecule has 144 valence electrons. The molecule has 1 N–H and O–H groups in total. The molecule has 0 aliphatic rings. The van der Waals surface area contributed by atoms with Crippen LogP contribution in [0.15, 0.2) is 29.2 Å². The summed E-state index contributed by atoms with van der Waals surface area (Å²) in [6.07, 6.45) is 17.6. The molecule has 0 unspecified atom stereocenters. The van der Waals surface area contributed by atoms with Crippen molar-refractivity contribution in [2.45, 2.75) is 102 Å². The van der Waals surface area contributed by atoms with Crippen LogP contribution in [0.2, 0.25) is 0 Å². The first-order valence-electron chi connectivity index (χ1n) is 10.1. The monoisotopic (exact) mass is 407 g/mol. The van der Waals surface area contributed by atoms with Crippen molar-refractivity contribution in [3.8, 4) is 0 Å². The summed E-state index contributed by atoms with van der Waals surface area (Å²) in [5.41, 5.74) is 0.730. The maximum Gasteiger partial charge on any atom is 1.00 e. The third kappa shape index (κ3) is 13.0. The Morgan fingerprint density at radius 3 is 1.62 bits per heavy atom. The van der Waals surface area contributed by atoms with Crippen LogP contribution in [0.4, 0.5) is 0 Å². The molecule has 0 saturated heterocycles. The van der Waals surface area contributed by atoms with Crippen LogP contribution < -0.4 is 51.4 Å². The van der Waals surface area contributed by atoms with Gasteiger partial charge < -0.3 is 0 Å². The van der Waals surface area contributed by atoms with Crippen LogP contribution in [0.5, 0.6) is 0 Å². The van der Waals surface area contributed by atoms with Gasteiger partial charge in [0.15, 0.2) is 0 Å². The van der Waals surface area contributed by atoms with Crippen molar-refractivity contribution in [2.75, 3.05) is 0 Å². The quantitative estimate of drug-likeness (QED) is 0.275. The third-order valence-electron chi connectivity index (χ3n) is 4.80. The van der Waals surface area contributed by atoms with Gasteiger partial charge in [-0.3, -0.25) is 4.55 Å². The molecule has 0 saturated carbocycles. The number of hydrogen-bond acceptors (Lipinski definition) is 2. The summed E-state index contributed by atoms with van der Waals surface area (Å²) in [7, 11) is -4.10. The Balaban J connectivity index is 0.00000625. The fourth-order valence-electron chi connectivity index (χ4n) is 3.30. The molecule has 0 aromatic heterocycles. The number of rotatable bonds is 15. The van der Waals surface area contributed by atoms with E-state index in [-0.39, 0.29) is 56.3 Å². The standard InChI is InChI=1S/C21H36O3S.K/c1-2-3-4-5-6-7-8-9-10-11-12-13-14-17-20-18-15-16-19-21(20)25(22,23)24;/h15-16,18-19H,2-14,17H2,1H3,(H,22,23,24);/q;+1. The molecular formula is C21H36KO3S+. The molecule has 0 amide bonds. The molecule has 0 radical (unpaired) electrons. The van der Waals surface area contributed by atoms with Crippen molar-refractivity contribution in [1.29, 1.82) is 0 Å². The van der Waals surface area contributed by atoms with Crippen LogP contribution >= 0.6 is 0 Å². The van der Waals surface area contributed by atoms with Crippen molar-refractivity contribution < 1.29 is 64.4 Å². The van der Waals surface area contributed by atoms with Crippen LogP contribution in [0.25, 0.3) is 0 Å². The van der Waals surface area contributed by atoms with Crippen molar-refractivity contribution in [3.05, 3.63) is 29.8 Å². The first kappa shape index (κ1) is 26.8.